The molecule has 1 amide bonds. The van der Waals surface area contributed by atoms with E-state index in [4.69, 9.17) is 10.9 Å². The summed E-state index contributed by atoms with van der Waals surface area (Å²) < 4.78 is 0.926. The van der Waals surface area contributed by atoms with Crippen LogP contribution >= 0.6 is 15.9 Å². The van der Waals surface area contributed by atoms with Gasteiger partial charge in [-0.25, -0.2) is 0 Å². The Labute approximate surface area is 126 Å². The zero-order valence-corrected chi connectivity index (χ0v) is 13.1. The standard InChI is InChI=1S/C14H18BrN3O2/c1-8-6-14(7-8,12(16)18-20)13(19)17-10-4-3-9(2)11(15)5-10/h3-5,8,20H,6-7H2,1-2H3,(H2,16,18)(H,17,19). The number of nitrogens with two attached hydrogens (primary N) is 1. The van der Waals surface area contributed by atoms with Crippen molar-refractivity contribution >= 4 is 33.4 Å². The van der Waals surface area contributed by atoms with Crippen molar-refractivity contribution in [3.05, 3.63) is 28.2 Å². The van der Waals surface area contributed by atoms with Crippen molar-refractivity contribution in [2.24, 2.45) is 22.2 Å². The normalized spacial score (nSPS) is 25.9. The highest BCUT2D eigenvalue weighted by Gasteiger charge is 2.52. The van der Waals surface area contributed by atoms with Crippen LogP contribution in [0.5, 0.6) is 0 Å². The van der Waals surface area contributed by atoms with Crippen molar-refractivity contribution in [3.8, 4) is 0 Å². The first kappa shape index (κ1) is 14.8. The molecule has 0 spiro atoms. The summed E-state index contributed by atoms with van der Waals surface area (Å²) in [6, 6.07) is 5.59. The van der Waals surface area contributed by atoms with Crippen molar-refractivity contribution in [2.45, 2.75) is 26.7 Å². The number of anilines is 1. The molecule has 0 aromatic heterocycles. The maximum absolute atomic E-state index is 12.5. The second-order valence-corrected chi connectivity index (χ2v) is 6.35. The average molecular weight is 340 g/mol. The van der Waals surface area contributed by atoms with Gasteiger partial charge in [-0.3, -0.25) is 4.79 Å². The maximum Gasteiger partial charge on any atom is 0.238 e. The number of hydrogen-bond donors (Lipinski definition) is 3. The fourth-order valence-electron chi connectivity index (χ4n) is 2.66. The largest absolute Gasteiger partial charge is 0.409 e. The van der Waals surface area contributed by atoms with E-state index in [2.05, 4.69) is 26.4 Å². The lowest BCUT2D eigenvalue weighted by Gasteiger charge is -2.43. The molecule has 2 rings (SSSR count). The summed E-state index contributed by atoms with van der Waals surface area (Å²) in [5, 5.41) is 14.8. The van der Waals surface area contributed by atoms with Crippen LogP contribution in [-0.2, 0) is 4.79 Å². The molecule has 108 valence electrons. The molecule has 0 heterocycles. The summed E-state index contributed by atoms with van der Waals surface area (Å²) in [7, 11) is 0. The summed E-state index contributed by atoms with van der Waals surface area (Å²) in [6.07, 6.45) is 1.20. The highest BCUT2D eigenvalue weighted by Crippen LogP contribution is 2.46. The molecule has 1 aromatic rings. The van der Waals surface area contributed by atoms with Crippen LogP contribution in [-0.4, -0.2) is 17.0 Å². The molecule has 5 nitrogen and oxygen atoms in total. The van der Waals surface area contributed by atoms with Gasteiger partial charge in [0.25, 0.3) is 0 Å². The van der Waals surface area contributed by atoms with Crippen molar-refractivity contribution in [1.82, 2.24) is 0 Å². The lowest BCUT2D eigenvalue weighted by molar-refractivity contribution is -0.127. The number of amides is 1. The third kappa shape index (κ3) is 2.52. The van der Waals surface area contributed by atoms with Crippen molar-refractivity contribution in [2.75, 3.05) is 5.32 Å². The molecule has 1 saturated carbocycles. The molecular weight excluding hydrogens is 322 g/mol. The fourth-order valence-corrected chi connectivity index (χ4v) is 3.04. The van der Waals surface area contributed by atoms with E-state index in [0.29, 0.717) is 24.4 Å². The molecule has 0 unspecified atom stereocenters. The van der Waals surface area contributed by atoms with Gasteiger partial charge < -0.3 is 16.3 Å². The summed E-state index contributed by atoms with van der Waals surface area (Å²) in [4.78, 5) is 12.5. The molecule has 20 heavy (non-hydrogen) atoms. The smallest absolute Gasteiger partial charge is 0.238 e. The van der Waals surface area contributed by atoms with Gasteiger partial charge in [0.05, 0.1) is 0 Å². The van der Waals surface area contributed by atoms with Gasteiger partial charge in [0.15, 0.2) is 5.84 Å². The van der Waals surface area contributed by atoms with Crippen LogP contribution in [0.2, 0.25) is 0 Å². The van der Waals surface area contributed by atoms with Gasteiger partial charge in [0, 0.05) is 10.2 Å². The van der Waals surface area contributed by atoms with E-state index in [9.17, 15) is 4.79 Å². The van der Waals surface area contributed by atoms with Crippen LogP contribution in [0, 0.1) is 18.3 Å². The number of carbonyl (C=O) groups is 1. The van der Waals surface area contributed by atoms with Crippen molar-refractivity contribution < 1.29 is 10.0 Å². The zero-order chi connectivity index (χ0) is 14.9. The van der Waals surface area contributed by atoms with Gasteiger partial charge >= 0.3 is 0 Å². The molecule has 6 heteroatoms. The van der Waals surface area contributed by atoms with Gasteiger partial charge in [-0.1, -0.05) is 34.1 Å². The first-order valence-corrected chi connectivity index (χ1v) is 7.24. The van der Waals surface area contributed by atoms with Gasteiger partial charge in [-0.05, 0) is 43.4 Å². The molecular formula is C14H18BrN3O2. The van der Waals surface area contributed by atoms with E-state index in [1.165, 1.54) is 0 Å². The minimum absolute atomic E-state index is 0.0146. The minimum Gasteiger partial charge on any atom is -0.409 e. The Hall–Kier alpha value is -1.56. The number of aryl methyl sites for hydroxylation is 1. The Balaban J connectivity index is 2.20. The summed E-state index contributed by atoms with van der Waals surface area (Å²) >= 11 is 3.43. The van der Waals surface area contributed by atoms with Gasteiger partial charge in [-0.2, -0.15) is 0 Å². The van der Waals surface area contributed by atoms with Crippen LogP contribution in [0.1, 0.15) is 25.3 Å². The monoisotopic (exact) mass is 339 g/mol. The molecule has 0 radical (unpaired) electrons. The van der Waals surface area contributed by atoms with Gasteiger partial charge in [-0.15, -0.1) is 0 Å². The van der Waals surface area contributed by atoms with Crippen LogP contribution < -0.4 is 11.1 Å². The number of carbonyl (C=O) groups excluding carboxylic acids is 1. The van der Waals surface area contributed by atoms with Crippen LogP contribution in [0.25, 0.3) is 0 Å². The van der Waals surface area contributed by atoms with E-state index < -0.39 is 5.41 Å². The number of nitrogens with one attached hydrogen (secondary N) is 1. The molecule has 1 aromatic carbocycles. The first-order valence-electron chi connectivity index (χ1n) is 6.44. The van der Waals surface area contributed by atoms with Crippen LogP contribution in [0.4, 0.5) is 5.69 Å². The molecule has 0 bridgehead atoms. The van der Waals surface area contributed by atoms with E-state index in [0.717, 1.165) is 10.0 Å². The number of nitrogens with zero attached hydrogens (tertiary/aromatic N) is 1. The highest BCUT2D eigenvalue weighted by atomic mass is 79.9. The van der Waals surface area contributed by atoms with Gasteiger partial charge in [0.1, 0.15) is 5.41 Å². The second kappa shape index (κ2) is 5.44. The molecule has 0 aliphatic heterocycles. The summed E-state index contributed by atoms with van der Waals surface area (Å²) in [5.41, 5.74) is 6.61. The quantitative estimate of drug-likeness (QED) is 0.342. The molecule has 0 saturated heterocycles. The molecule has 1 aliphatic rings. The predicted octanol–water partition coefficient (Wildman–Crippen LogP) is 2.86. The highest BCUT2D eigenvalue weighted by molar-refractivity contribution is 9.10. The van der Waals surface area contributed by atoms with Crippen molar-refractivity contribution in [1.29, 1.82) is 0 Å². The number of oxime groups is 1. The summed E-state index contributed by atoms with van der Waals surface area (Å²) in [6.45, 7) is 4.01. The van der Waals surface area contributed by atoms with E-state index >= 15 is 0 Å². The number of hydrogen-bond acceptors (Lipinski definition) is 3. The Morgan fingerprint density at radius 2 is 2.20 bits per heavy atom. The fraction of sp³-hybridized carbons (Fsp3) is 0.429. The Morgan fingerprint density at radius 3 is 2.70 bits per heavy atom. The Bertz CT molecular complexity index is 566. The van der Waals surface area contributed by atoms with E-state index in [-0.39, 0.29) is 11.7 Å². The predicted molar refractivity (Wildman–Crippen MR) is 81.7 cm³/mol. The minimum atomic E-state index is -0.883. The van der Waals surface area contributed by atoms with Crippen molar-refractivity contribution in [3.63, 3.8) is 0 Å². The molecule has 1 aliphatic carbocycles. The Morgan fingerprint density at radius 1 is 1.55 bits per heavy atom. The number of amidine groups is 1. The SMILES string of the molecule is Cc1ccc(NC(=O)C2(/C(N)=N/O)CC(C)C2)cc1Br. The zero-order valence-electron chi connectivity index (χ0n) is 11.5. The van der Waals surface area contributed by atoms with Crippen LogP contribution in [0.3, 0.4) is 0 Å². The molecule has 4 N–H and O–H groups in total. The number of halogens is 1. The third-order valence-corrected chi connectivity index (χ3v) is 4.71. The first-order chi connectivity index (χ1) is 9.39. The number of rotatable bonds is 3. The van der Waals surface area contributed by atoms with E-state index in [1.807, 2.05) is 32.0 Å². The maximum atomic E-state index is 12.5. The second-order valence-electron chi connectivity index (χ2n) is 5.50. The molecule has 1 fully saturated rings. The van der Waals surface area contributed by atoms with E-state index in [1.54, 1.807) is 0 Å². The van der Waals surface area contributed by atoms with Gasteiger partial charge in [0.2, 0.25) is 5.91 Å². The lowest BCUT2D eigenvalue weighted by Crippen LogP contribution is -2.54. The molecule has 0 atom stereocenters. The topological polar surface area (TPSA) is 87.7 Å². The number of benzene rings is 1. The lowest BCUT2D eigenvalue weighted by atomic mass is 9.61. The average Bonchev–Trinajstić information content (AvgIpc) is 2.38. The van der Waals surface area contributed by atoms with Crippen LogP contribution in [0.15, 0.2) is 27.8 Å². The summed E-state index contributed by atoms with van der Waals surface area (Å²) in [5.74, 6) is 0.159. The Kier molecular flexibility index (Phi) is 4.04. The third-order valence-electron chi connectivity index (χ3n) is 3.86.